The van der Waals surface area contributed by atoms with Gasteiger partial charge in [0, 0.05) is 32.2 Å². The van der Waals surface area contributed by atoms with Crippen molar-refractivity contribution in [2.24, 2.45) is 4.99 Å². The Kier molecular flexibility index (Phi) is 9.55. The Morgan fingerprint density at radius 2 is 2.00 bits per heavy atom. The Balaban J connectivity index is 0.00000264. The van der Waals surface area contributed by atoms with Crippen molar-refractivity contribution in [2.75, 3.05) is 20.1 Å². The van der Waals surface area contributed by atoms with Crippen LogP contribution in [0.25, 0.3) is 0 Å². The van der Waals surface area contributed by atoms with Crippen molar-refractivity contribution in [3.05, 3.63) is 35.9 Å². The lowest BCUT2D eigenvalue weighted by atomic mass is 10.0. The van der Waals surface area contributed by atoms with Gasteiger partial charge in [0.05, 0.1) is 0 Å². The minimum atomic E-state index is 0. The van der Waals surface area contributed by atoms with Gasteiger partial charge in [-0.2, -0.15) is 0 Å². The van der Waals surface area contributed by atoms with Crippen LogP contribution in [0.2, 0.25) is 0 Å². The molecule has 0 radical (unpaired) electrons. The predicted molar refractivity (Wildman–Crippen MR) is 110 cm³/mol. The van der Waals surface area contributed by atoms with Gasteiger partial charge in [-0.05, 0) is 38.8 Å². The average Bonchev–Trinajstić information content (AvgIpc) is 2.53. The largest absolute Gasteiger partial charge is 0.355 e. The van der Waals surface area contributed by atoms with Crippen LogP contribution in [0.3, 0.4) is 0 Å². The van der Waals surface area contributed by atoms with Crippen molar-refractivity contribution in [3.8, 4) is 0 Å². The minimum Gasteiger partial charge on any atom is -0.355 e. The molecule has 1 aliphatic rings. The molecule has 4 nitrogen and oxygen atoms in total. The van der Waals surface area contributed by atoms with Gasteiger partial charge in [0.25, 0.3) is 0 Å². The molecule has 0 bridgehead atoms. The van der Waals surface area contributed by atoms with Gasteiger partial charge in [-0.25, -0.2) is 0 Å². The molecule has 0 aromatic heterocycles. The number of hydrogen-bond acceptors (Lipinski definition) is 2. The third kappa shape index (κ3) is 7.08. The second-order valence-electron chi connectivity index (χ2n) is 6.36. The van der Waals surface area contributed by atoms with E-state index in [-0.39, 0.29) is 24.0 Å². The molecular formula is C18H31IN4. The molecule has 0 saturated carbocycles. The second-order valence-corrected chi connectivity index (χ2v) is 6.36. The van der Waals surface area contributed by atoms with Crippen molar-refractivity contribution in [1.29, 1.82) is 0 Å². The number of aliphatic imine (C=N–C) groups is 1. The smallest absolute Gasteiger partial charge is 0.191 e. The van der Waals surface area contributed by atoms with Crippen LogP contribution in [0.4, 0.5) is 0 Å². The first-order valence-electron chi connectivity index (χ1n) is 8.44. The van der Waals surface area contributed by atoms with Crippen molar-refractivity contribution < 1.29 is 0 Å². The zero-order valence-corrected chi connectivity index (χ0v) is 16.9. The van der Waals surface area contributed by atoms with Crippen molar-refractivity contribution in [2.45, 2.75) is 51.7 Å². The molecule has 2 rings (SSSR count). The first-order chi connectivity index (χ1) is 10.7. The van der Waals surface area contributed by atoms with Crippen LogP contribution in [0.1, 0.15) is 38.7 Å². The van der Waals surface area contributed by atoms with Crippen molar-refractivity contribution in [3.63, 3.8) is 0 Å². The summed E-state index contributed by atoms with van der Waals surface area (Å²) in [5.41, 5.74) is 1.40. The number of guanidine groups is 1. The summed E-state index contributed by atoms with van der Waals surface area (Å²) in [5, 5.41) is 6.84. The molecule has 1 aliphatic heterocycles. The van der Waals surface area contributed by atoms with Crippen LogP contribution in [-0.4, -0.2) is 43.1 Å². The fourth-order valence-corrected chi connectivity index (χ4v) is 3.00. The highest BCUT2D eigenvalue weighted by molar-refractivity contribution is 14.0. The SMILES string of the molecule is CN=C(NCC1CCCCN1Cc1ccccc1)NC(C)C.I. The number of likely N-dealkylation sites (tertiary alicyclic amines) is 1. The van der Waals surface area contributed by atoms with Crippen LogP contribution < -0.4 is 10.6 Å². The number of hydrogen-bond donors (Lipinski definition) is 2. The fraction of sp³-hybridized carbons (Fsp3) is 0.611. The van der Waals surface area contributed by atoms with Gasteiger partial charge in [-0.3, -0.25) is 9.89 Å². The second kappa shape index (κ2) is 10.9. The molecule has 2 N–H and O–H groups in total. The number of piperidine rings is 1. The number of rotatable bonds is 5. The summed E-state index contributed by atoms with van der Waals surface area (Å²) in [6.07, 6.45) is 3.90. The molecule has 1 aromatic rings. The number of halogens is 1. The monoisotopic (exact) mass is 430 g/mol. The van der Waals surface area contributed by atoms with E-state index in [9.17, 15) is 0 Å². The van der Waals surface area contributed by atoms with Gasteiger partial charge < -0.3 is 10.6 Å². The van der Waals surface area contributed by atoms with Crippen LogP contribution >= 0.6 is 24.0 Å². The van der Waals surface area contributed by atoms with Gasteiger partial charge >= 0.3 is 0 Å². The molecular weight excluding hydrogens is 399 g/mol. The summed E-state index contributed by atoms with van der Waals surface area (Å²) >= 11 is 0. The van der Waals surface area contributed by atoms with Crippen LogP contribution in [-0.2, 0) is 6.54 Å². The Morgan fingerprint density at radius 1 is 1.26 bits per heavy atom. The highest BCUT2D eigenvalue weighted by Gasteiger charge is 2.22. The predicted octanol–water partition coefficient (Wildman–Crippen LogP) is 3.23. The standard InChI is InChI=1S/C18H30N4.HI/c1-15(2)21-18(19-3)20-13-17-11-7-8-12-22(17)14-16-9-5-4-6-10-16;/h4-6,9-10,15,17H,7-8,11-14H2,1-3H3,(H2,19,20,21);1H. The van der Waals surface area contributed by atoms with E-state index in [1.807, 2.05) is 7.05 Å². The molecule has 0 amide bonds. The maximum atomic E-state index is 4.30. The molecule has 1 aromatic carbocycles. The fourth-order valence-electron chi connectivity index (χ4n) is 3.00. The van der Waals surface area contributed by atoms with Gasteiger partial charge in [0.1, 0.15) is 0 Å². The average molecular weight is 430 g/mol. The molecule has 1 unspecified atom stereocenters. The minimum absolute atomic E-state index is 0. The topological polar surface area (TPSA) is 39.7 Å². The molecule has 23 heavy (non-hydrogen) atoms. The summed E-state index contributed by atoms with van der Waals surface area (Å²) < 4.78 is 0. The first-order valence-corrected chi connectivity index (χ1v) is 8.44. The Morgan fingerprint density at radius 3 is 2.65 bits per heavy atom. The Labute approximate surface area is 158 Å². The lowest BCUT2D eigenvalue weighted by Crippen LogP contribution is -2.49. The third-order valence-corrected chi connectivity index (χ3v) is 4.13. The number of nitrogens with one attached hydrogen (secondary N) is 2. The highest BCUT2D eigenvalue weighted by Crippen LogP contribution is 2.19. The quantitative estimate of drug-likeness (QED) is 0.428. The molecule has 130 valence electrons. The van der Waals surface area contributed by atoms with Gasteiger partial charge in [-0.15, -0.1) is 24.0 Å². The molecule has 1 saturated heterocycles. The van der Waals surface area contributed by atoms with E-state index in [1.165, 1.54) is 31.4 Å². The van der Waals surface area contributed by atoms with Crippen molar-refractivity contribution >= 4 is 29.9 Å². The summed E-state index contributed by atoms with van der Waals surface area (Å²) in [7, 11) is 1.83. The summed E-state index contributed by atoms with van der Waals surface area (Å²) in [5.74, 6) is 0.903. The summed E-state index contributed by atoms with van der Waals surface area (Å²) in [4.78, 5) is 6.90. The van der Waals surface area contributed by atoms with Gasteiger partial charge in [-0.1, -0.05) is 36.8 Å². The van der Waals surface area contributed by atoms with Gasteiger partial charge in [0.2, 0.25) is 0 Å². The third-order valence-electron chi connectivity index (χ3n) is 4.13. The van der Waals surface area contributed by atoms with E-state index in [2.05, 4.69) is 64.7 Å². The van der Waals surface area contributed by atoms with E-state index in [0.717, 1.165) is 19.0 Å². The zero-order chi connectivity index (χ0) is 15.8. The highest BCUT2D eigenvalue weighted by atomic mass is 127. The first kappa shape index (κ1) is 20.2. The number of benzene rings is 1. The van der Waals surface area contributed by atoms with Crippen LogP contribution in [0.15, 0.2) is 35.3 Å². The molecule has 0 aliphatic carbocycles. The zero-order valence-electron chi connectivity index (χ0n) is 14.6. The summed E-state index contributed by atoms with van der Waals surface area (Å²) in [6, 6.07) is 11.8. The number of nitrogens with zero attached hydrogens (tertiary/aromatic N) is 2. The van der Waals surface area contributed by atoms with Crippen LogP contribution in [0.5, 0.6) is 0 Å². The van der Waals surface area contributed by atoms with Gasteiger partial charge in [0.15, 0.2) is 5.96 Å². The van der Waals surface area contributed by atoms with E-state index in [1.54, 1.807) is 0 Å². The van der Waals surface area contributed by atoms with Crippen molar-refractivity contribution in [1.82, 2.24) is 15.5 Å². The molecule has 0 spiro atoms. The van der Waals surface area contributed by atoms with E-state index >= 15 is 0 Å². The maximum Gasteiger partial charge on any atom is 0.191 e. The lowest BCUT2D eigenvalue weighted by Gasteiger charge is -2.36. The maximum absolute atomic E-state index is 4.30. The molecule has 1 heterocycles. The Hall–Kier alpha value is -0.820. The summed E-state index contributed by atoms with van der Waals surface area (Å²) in [6.45, 7) is 7.46. The normalized spacial score (nSPS) is 19.3. The van der Waals surface area contributed by atoms with E-state index < -0.39 is 0 Å². The van der Waals surface area contributed by atoms with E-state index in [0.29, 0.717) is 12.1 Å². The van der Waals surface area contributed by atoms with E-state index in [4.69, 9.17) is 0 Å². The molecule has 1 atom stereocenters. The molecule has 5 heteroatoms. The van der Waals surface area contributed by atoms with Crippen LogP contribution in [0, 0.1) is 0 Å². The molecule has 1 fully saturated rings. The Bertz CT molecular complexity index is 461. The lowest BCUT2D eigenvalue weighted by molar-refractivity contribution is 0.141.